The van der Waals surface area contributed by atoms with Crippen LogP contribution in [-0.2, 0) is 4.94 Å². The molecule has 0 heterocycles. The van der Waals surface area contributed by atoms with Crippen LogP contribution in [0.5, 0.6) is 0 Å². The van der Waals surface area contributed by atoms with E-state index in [1.54, 1.807) is 12.1 Å². The zero-order chi connectivity index (χ0) is 13.7. The van der Waals surface area contributed by atoms with Crippen LogP contribution < -0.4 is 5.90 Å². The summed E-state index contributed by atoms with van der Waals surface area (Å²) < 4.78 is 0. The average molecular weight is 254 g/mol. The van der Waals surface area contributed by atoms with Gasteiger partial charge in [-0.1, -0.05) is 55.1 Å². The molecule has 96 valence electrons. The Hall–Kier alpha value is -2.59. The van der Waals surface area contributed by atoms with Gasteiger partial charge in [-0.15, -0.1) is 0 Å². The van der Waals surface area contributed by atoms with Crippen molar-refractivity contribution in [2.75, 3.05) is 0 Å². The van der Waals surface area contributed by atoms with E-state index in [9.17, 15) is 5.21 Å². The third-order valence-corrected chi connectivity index (χ3v) is 2.73. The van der Waals surface area contributed by atoms with Crippen LogP contribution in [0.15, 0.2) is 67.2 Å². The van der Waals surface area contributed by atoms with Crippen molar-refractivity contribution in [1.29, 1.82) is 0 Å². The molecule has 0 unspecified atom stereocenters. The molecule has 2 aromatic rings. The molecule has 0 aromatic heterocycles. The number of allylic oxidation sites excluding steroid dienone is 1. The predicted octanol–water partition coefficient (Wildman–Crippen LogP) is 2.50. The summed E-state index contributed by atoms with van der Waals surface area (Å²) in [6.45, 7) is 3.96. The highest BCUT2D eigenvalue weighted by atomic mass is 16.9. The molecule has 2 rings (SSSR count). The van der Waals surface area contributed by atoms with Crippen molar-refractivity contribution < 1.29 is 9.84 Å². The predicted molar refractivity (Wildman–Crippen MR) is 74.9 cm³/mol. The average Bonchev–Trinajstić information content (AvgIpc) is 2.49. The standard InChI is InChI=1S/C15H14N2O2/c1-12(13-8-4-2-5-9-13)15(17(18)19-16)14-10-6-3-7-11-14/h2-11H,1,16H2/b17-15+. The number of hydrogen-bond acceptors (Lipinski definition) is 3. The second-order valence-electron chi connectivity index (χ2n) is 3.92. The first-order chi connectivity index (χ1) is 9.24. The normalized spacial score (nSPS) is 11.6. The molecule has 0 spiro atoms. The van der Waals surface area contributed by atoms with Gasteiger partial charge in [-0.25, -0.2) is 5.90 Å². The minimum atomic E-state index is 0.269. The van der Waals surface area contributed by atoms with Crippen LogP contribution >= 0.6 is 0 Å². The van der Waals surface area contributed by atoms with Crippen LogP contribution in [0.3, 0.4) is 0 Å². The minimum absolute atomic E-state index is 0.269. The van der Waals surface area contributed by atoms with Gasteiger partial charge in [0.1, 0.15) is 0 Å². The fraction of sp³-hybridized carbons (Fsp3) is 0. The molecule has 0 saturated heterocycles. The summed E-state index contributed by atoms with van der Waals surface area (Å²) in [6, 6.07) is 18.5. The lowest BCUT2D eigenvalue weighted by Gasteiger charge is -2.08. The lowest BCUT2D eigenvalue weighted by molar-refractivity contribution is -0.745. The first-order valence-electron chi connectivity index (χ1n) is 5.75. The number of nitrogens with zero attached hydrogens (tertiary/aromatic N) is 1. The third kappa shape index (κ3) is 2.81. The maximum Gasteiger partial charge on any atom is 0.283 e. The van der Waals surface area contributed by atoms with Crippen LogP contribution in [0.2, 0.25) is 0 Å². The summed E-state index contributed by atoms with van der Waals surface area (Å²) in [5, 5.41) is 11.8. The van der Waals surface area contributed by atoms with Gasteiger partial charge >= 0.3 is 0 Å². The summed E-state index contributed by atoms with van der Waals surface area (Å²) in [6.07, 6.45) is 0. The monoisotopic (exact) mass is 254 g/mol. The van der Waals surface area contributed by atoms with E-state index in [4.69, 9.17) is 5.90 Å². The third-order valence-electron chi connectivity index (χ3n) is 2.73. The molecule has 0 amide bonds. The number of rotatable bonds is 4. The Balaban J connectivity index is 2.50. The summed E-state index contributed by atoms with van der Waals surface area (Å²) >= 11 is 0. The first kappa shape index (κ1) is 12.9. The van der Waals surface area contributed by atoms with E-state index in [1.807, 2.05) is 48.5 Å². The Morgan fingerprint density at radius 1 is 0.947 bits per heavy atom. The van der Waals surface area contributed by atoms with Gasteiger partial charge in [0.15, 0.2) is 0 Å². The van der Waals surface area contributed by atoms with Crippen LogP contribution in [0, 0.1) is 5.21 Å². The highest BCUT2D eigenvalue weighted by Gasteiger charge is 2.20. The molecular formula is C15H14N2O2. The fourth-order valence-corrected chi connectivity index (χ4v) is 1.81. The van der Waals surface area contributed by atoms with Crippen LogP contribution in [-0.4, -0.2) is 10.6 Å². The molecule has 0 aliphatic carbocycles. The molecule has 0 atom stereocenters. The lowest BCUT2D eigenvalue weighted by atomic mass is 9.97. The van der Waals surface area contributed by atoms with Gasteiger partial charge in [0.2, 0.25) is 0 Å². The highest BCUT2D eigenvalue weighted by molar-refractivity contribution is 6.28. The maximum atomic E-state index is 11.8. The van der Waals surface area contributed by atoms with E-state index in [2.05, 4.69) is 11.5 Å². The molecule has 4 heteroatoms. The van der Waals surface area contributed by atoms with Gasteiger partial charge < -0.3 is 4.94 Å². The van der Waals surface area contributed by atoms with E-state index < -0.39 is 0 Å². The molecule has 2 N–H and O–H groups in total. The van der Waals surface area contributed by atoms with E-state index >= 15 is 0 Å². The van der Waals surface area contributed by atoms with E-state index in [-0.39, 0.29) is 10.6 Å². The van der Waals surface area contributed by atoms with Crippen molar-refractivity contribution in [2.45, 2.75) is 0 Å². The molecule has 0 bridgehead atoms. The first-order valence-corrected chi connectivity index (χ1v) is 5.75. The Bertz CT molecular complexity index is 592. The molecule has 19 heavy (non-hydrogen) atoms. The van der Waals surface area contributed by atoms with E-state index in [0.29, 0.717) is 11.1 Å². The topological polar surface area (TPSA) is 61.3 Å². The number of benzene rings is 2. The zero-order valence-corrected chi connectivity index (χ0v) is 10.3. The quantitative estimate of drug-likeness (QED) is 0.518. The summed E-state index contributed by atoms with van der Waals surface area (Å²) in [7, 11) is 0. The van der Waals surface area contributed by atoms with Crippen molar-refractivity contribution in [3.63, 3.8) is 0 Å². The molecular weight excluding hydrogens is 240 g/mol. The summed E-state index contributed by atoms with van der Waals surface area (Å²) in [4.78, 5) is 4.56. The van der Waals surface area contributed by atoms with Crippen LogP contribution in [0.1, 0.15) is 11.1 Å². The van der Waals surface area contributed by atoms with Gasteiger partial charge in [0.05, 0.1) is 16.0 Å². The van der Waals surface area contributed by atoms with Gasteiger partial charge in [0.25, 0.3) is 5.71 Å². The largest absolute Gasteiger partial charge is 0.324 e. The lowest BCUT2D eigenvalue weighted by Crippen LogP contribution is -2.21. The molecule has 0 aliphatic heterocycles. The smallest absolute Gasteiger partial charge is 0.283 e. The van der Waals surface area contributed by atoms with Crippen LogP contribution in [0.25, 0.3) is 5.57 Å². The number of hydrogen-bond donors (Lipinski definition) is 1. The zero-order valence-electron chi connectivity index (χ0n) is 10.3. The van der Waals surface area contributed by atoms with Gasteiger partial charge in [-0.05, 0) is 17.7 Å². The van der Waals surface area contributed by atoms with Crippen molar-refractivity contribution >= 4 is 11.3 Å². The second-order valence-corrected chi connectivity index (χ2v) is 3.92. The molecule has 2 aromatic carbocycles. The van der Waals surface area contributed by atoms with Gasteiger partial charge in [-0.3, -0.25) is 5.21 Å². The van der Waals surface area contributed by atoms with Gasteiger partial charge in [-0.2, -0.15) is 0 Å². The maximum absolute atomic E-state index is 11.8. The molecule has 0 saturated carbocycles. The SMILES string of the molecule is C=C(/C(c1ccccc1)=[N+](/[O-])ON)c1ccccc1. The molecule has 4 nitrogen and oxygen atoms in total. The highest BCUT2D eigenvalue weighted by Crippen LogP contribution is 2.18. The Morgan fingerprint density at radius 2 is 1.42 bits per heavy atom. The Kier molecular flexibility index (Phi) is 3.95. The second kappa shape index (κ2) is 5.84. The molecule has 0 aliphatic rings. The summed E-state index contributed by atoms with van der Waals surface area (Å²) in [5.41, 5.74) is 2.36. The van der Waals surface area contributed by atoms with Crippen LogP contribution in [0.4, 0.5) is 0 Å². The molecule has 0 fully saturated rings. The van der Waals surface area contributed by atoms with Gasteiger partial charge in [0, 0.05) is 0 Å². The van der Waals surface area contributed by atoms with Crippen molar-refractivity contribution in [3.05, 3.63) is 83.6 Å². The number of nitrogens with two attached hydrogens (primary N) is 1. The summed E-state index contributed by atoms with van der Waals surface area (Å²) in [5.74, 6) is 4.98. The Morgan fingerprint density at radius 3 is 1.89 bits per heavy atom. The van der Waals surface area contributed by atoms with E-state index in [1.165, 1.54) is 0 Å². The van der Waals surface area contributed by atoms with Crippen molar-refractivity contribution in [2.24, 2.45) is 5.90 Å². The minimum Gasteiger partial charge on any atom is -0.324 e. The van der Waals surface area contributed by atoms with Crippen molar-refractivity contribution in [3.8, 4) is 0 Å². The van der Waals surface area contributed by atoms with E-state index in [0.717, 1.165) is 5.56 Å². The Labute approximate surface area is 111 Å². The molecule has 0 radical (unpaired) electrons. The van der Waals surface area contributed by atoms with Crippen molar-refractivity contribution in [1.82, 2.24) is 0 Å². The fourth-order valence-electron chi connectivity index (χ4n) is 1.81.